The van der Waals surface area contributed by atoms with Crippen LogP contribution in [-0.2, 0) is 4.79 Å². The zero-order valence-corrected chi connectivity index (χ0v) is 12.2. The number of carboxylic acid groups (broad SMARTS) is 1. The highest BCUT2D eigenvalue weighted by molar-refractivity contribution is 9.10. The van der Waals surface area contributed by atoms with E-state index in [-0.39, 0.29) is 0 Å². The lowest BCUT2D eigenvalue weighted by Crippen LogP contribution is -2.26. The quantitative estimate of drug-likeness (QED) is 0.895. The van der Waals surface area contributed by atoms with Gasteiger partial charge in [-0.05, 0) is 39.2 Å². The smallest absolute Gasteiger partial charge is 0.344 e. The minimum atomic E-state index is -0.929. The molecular formula is C15H15BrO3. The van der Waals surface area contributed by atoms with Gasteiger partial charge in [-0.3, -0.25) is 0 Å². The third-order valence-corrected chi connectivity index (χ3v) is 3.74. The highest BCUT2D eigenvalue weighted by Gasteiger charge is 2.19. The first-order valence-electron chi connectivity index (χ1n) is 6.20. The monoisotopic (exact) mass is 322 g/mol. The van der Waals surface area contributed by atoms with Crippen LogP contribution in [0.4, 0.5) is 0 Å². The summed E-state index contributed by atoms with van der Waals surface area (Å²) in [6.45, 7) is 1.94. The van der Waals surface area contributed by atoms with Gasteiger partial charge in [-0.1, -0.05) is 43.7 Å². The average Bonchev–Trinajstić information content (AvgIpc) is 2.41. The summed E-state index contributed by atoms with van der Waals surface area (Å²) in [5, 5.41) is 11.2. The maximum atomic E-state index is 11.1. The highest BCUT2D eigenvalue weighted by atomic mass is 79.9. The summed E-state index contributed by atoms with van der Waals surface area (Å²) in [6, 6.07) is 11.6. The molecule has 0 radical (unpaired) electrons. The maximum Gasteiger partial charge on any atom is 0.344 e. The van der Waals surface area contributed by atoms with E-state index in [4.69, 9.17) is 9.84 Å². The fourth-order valence-electron chi connectivity index (χ4n) is 1.95. The first-order valence-corrected chi connectivity index (χ1v) is 6.99. The Morgan fingerprint density at radius 3 is 2.74 bits per heavy atom. The van der Waals surface area contributed by atoms with Gasteiger partial charge < -0.3 is 9.84 Å². The van der Waals surface area contributed by atoms with Crippen molar-refractivity contribution >= 4 is 32.7 Å². The van der Waals surface area contributed by atoms with E-state index in [1.54, 1.807) is 6.07 Å². The van der Waals surface area contributed by atoms with Gasteiger partial charge in [0.15, 0.2) is 6.10 Å². The Labute approximate surface area is 120 Å². The molecule has 0 bridgehead atoms. The topological polar surface area (TPSA) is 46.5 Å². The predicted octanol–water partition coefficient (Wildman–Crippen LogP) is 4.23. The van der Waals surface area contributed by atoms with Crippen molar-refractivity contribution in [2.45, 2.75) is 25.9 Å². The molecule has 100 valence electrons. The van der Waals surface area contributed by atoms with Crippen LogP contribution in [-0.4, -0.2) is 17.2 Å². The van der Waals surface area contributed by atoms with Crippen molar-refractivity contribution < 1.29 is 14.6 Å². The van der Waals surface area contributed by atoms with E-state index in [9.17, 15) is 4.79 Å². The van der Waals surface area contributed by atoms with Crippen LogP contribution >= 0.6 is 15.9 Å². The molecule has 3 nitrogen and oxygen atoms in total. The first kappa shape index (κ1) is 13.9. The number of carboxylic acids is 1. The number of halogens is 1. The van der Waals surface area contributed by atoms with Gasteiger partial charge in [0.05, 0.1) is 4.47 Å². The fraction of sp³-hybridized carbons (Fsp3) is 0.267. The third kappa shape index (κ3) is 3.07. The van der Waals surface area contributed by atoms with Gasteiger partial charge in [-0.25, -0.2) is 4.79 Å². The van der Waals surface area contributed by atoms with Gasteiger partial charge >= 0.3 is 5.97 Å². The molecule has 2 aromatic rings. The lowest BCUT2D eigenvalue weighted by atomic mass is 10.1. The van der Waals surface area contributed by atoms with Crippen LogP contribution in [0.15, 0.2) is 40.9 Å². The second-order valence-corrected chi connectivity index (χ2v) is 5.13. The molecule has 2 rings (SSSR count). The molecule has 19 heavy (non-hydrogen) atoms. The normalized spacial score (nSPS) is 12.3. The third-order valence-electron chi connectivity index (χ3n) is 2.92. The lowest BCUT2D eigenvalue weighted by Gasteiger charge is -2.16. The van der Waals surface area contributed by atoms with Crippen LogP contribution in [0, 0.1) is 0 Å². The van der Waals surface area contributed by atoms with Crippen LogP contribution in [0.2, 0.25) is 0 Å². The summed E-state index contributed by atoms with van der Waals surface area (Å²) < 4.78 is 6.41. The molecule has 0 heterocycles. The van der Waals surface area contributed by atoms with E-state index in [2.05, 4.69) is 15.9 Å². The van der Waals surface area contributed by atoms with Crippen molar-refractivity contribution in [3.8, 4) is 5.75 Å². The lowest BCUT2D eigenvalue weighted by molar-refractivity contribution is -0.145. The number of hydrogen-bond acceptors (Lipinski definition) is 2. The van der Waals surface area contributed by atoms with Crippen LogP contribution < -0.4 is 4.74 Å². The van der Waals surface area contributed by atoms with Crippen LogP contribution in [0.3, 0.4) is 0 Å². The van der Waals surface area contributed by atoms with Gasteiger partial charge in [0, 0.05) is 0 Å². The Balaban J connectivity index is 2.34. The number of benzene rings is 2. The van der Waals surface area contributed by atoms with Crippen molar-refractivity contribution in [1.82, 2.24) is 0 Å². The van der Waals surface area contributed by atoms with Crippen molar-refractivity contribution in [3.63, 3.8) is 0 Å². The molecule has 0 saturated carbocycles. The largest absolute Gasteiger partial charge is 0.479 e. The van der Waals surface area contributed by atoms with Crippen molar-refractivity contribution in [1.29, 1.82) is 0 Å². The molecule has 0 aliphatic rings. The number of aliphatic carboxylic acids is 1. The number of fused-ring (bicyclic) bond motifs is 1. The molecule has 0 fully saturated rings. The zero-order valence-electron chi connectivity index (χ0n) is 10.6. The zero-order chi connectivity index (χ0) is 13.8. The van der Waals surface area contributed by atoms with Crippen molar-refractivity contribution in [3.05, 3.63) is 40.9 Å². The molecule has 1 N–H and O–H groups in total. The molecule has 1 atom stereocenters. The van der Waals surface area contributed by atoms with E-state index in [0.29, 0.717) is 12.2 Å². The Morgan fingerprint density at radius 2 is 2.05 bits per heavy atom. The van der Waals surface area contributed by atoms with Crippen LogP contribution in [0.1, 0.15) is 19.8 Å². The summed E-state index contributed by atoms with van der Waals surface area (Å²) in [5.41, 5.74) is 0. The molecule has 4 heteroatoms. The van der Waals surface area contributed by atoms with Gasteiger partial charge in [0.25, 0.3) is 0 Å². The first-order chi connectivity index (χ1) is 9.13. The molecular weight excluding hydrogens is 308 g/mol. The summed E-state index contributed by atoms with van der Waals surface area (Å²) in [5.74, 6) is -0.360. The van der Waals surface area contributed by atoms with Crippen molar-refractivity contribution in [2.75, 3.05) is 0 Å². The number of hydrogen-bond donors (Lipinski definition) is 1. The molecule has 1 unspecified atom stereocenters. The summed E-state index contributed by atoms with van der Waals surface area (Å²) in [7, 11) is 0. The van der Waals surface area contributed by atoms with E-state index in [1.165, 1.54) is 0 Å². The summed E-state index contributed by atoms with van der Waals surface area (Å²) in [4.78, 5) is 11.1. The Hall–Kier alpha value is -1.55. The predicted molar refractivity (Wildman–Crippen MR) is 78.6 cm³/mol. The summed E-state index contributed by atoms with van der Waals surface area (Å²) in [6.07, 6.45) is 0.457. The molecule has 2 aromatic carbocycles. The van der Waals surface area contributed by atoms with Gasteiger partial charge in [0.1, 0.15) is 5.75 Å². The van der Waals surface area contributed by atoms with E-state index < -0.39 is 12.1 Å². The van der Waals surface area contributed by atoms with Gasteiger partial charge in [0.2, 0.25) is 0 Å². The molecule has 0 amide bonds. The molecule has 0 aliphatic heterocycles. The molecule has 0 saturated heterocycles. The minimum Gasteiger partial charge on any atom is -0.479 e. The Bertz CT molecular complexity index is 595. The van der Waals surface area contributed by atoms with Gasteiger partial charge in [-0.15, -0.1) is 0 Å². The average molecular weight is 323 g/mol. The number of carbonyl (C=O) groups is 1. The SMILES string of the molecule is CCCC(Oc1ccc2ccccc2c1Br)C(=O)O. The van der Waals surface area contributed by atoms with E-state index >= 15 is 0 Å². The van der Waals surface area contributed by atoms with E-state index in [1.807, 2.05) is 37.3 Å². The summed E-state index contributed by atoms with van der Waals surface area (Å²) >= 11 is 3.49. The second-order valence-electron chi connectivity index (χ2n) is 4.33. The van der Waals surface area contributed by atoms with E-state index in [0.717, 1.165) is 21.7 Å². The maximum absolute atomic E-state index is 11.1. The van der Waals surface area contributed by atoms with Gasteiger partial charge in [-0.2, -0.15) is 0 Å². The Kier molecular flexibility index (Phi) is 4.43. The van der Waals surface area contributed by atoms with Crippen LogP contribution in [0.25, 0.3) is 10.8 Å². The molecule has 0 aliphatic carbocycles. The highest BCUT2D eigenvalue weighted by Crippen LogP contribution is 2.33. The minimum absolute atomic E-state index is 0.495. The second kappa shape index (κ2) is 6.06. The number of rotatable bonds is 5. The standard InChI is InChI=1S/C15H15BrO3/c1-2-5-13(15(17)18)19-12-9-8-10-6-3-4-7-11(10)14(12)16/h3-4,6-9,13H,2,5H2,1H3,(H,17,18). The molecule has 0 spiro atoms. The fourth-order valence-corrected chi connectivity index (χ4v) is 2.54. The Morgan fingerprint density at radius 1 is 1.32 bits per heavy atom. The number of ether oxygens (including phenoxy) is 1. The molecule has 0 aromatic heterocycles. The van der Waals surface area contributed by atoms with Crippen molar-refractivity contribution in [2.24, 2.45) is 0 Å². The van der Waals surface area contributed by atoms with Crippen LogP contribution in [0.5, 0.6) is 5.75 Å².